The summed E-state index contributed by atoms with van der Waals surface area (Å²) in [5.41, 5.74) is 0.552. The van der Waals surface area contributed by atoms with E-state index < -0.39 is 12.3 Å². The number of hydrogen-bond donors (Lipinski definition) is 0. The number of carbonyl (C=O) groups is 1. The van der Waals surface area contributed by atoms with E-state index >= 15 is 0 Å². The van der Waals surface area contributed by atoms with Crippen LogP contribution in [0.25, 0.3) is 6.08 Å². The highest BCUT2D eigenvalue weighted by Crippen LogP contribution is 2.22. The molecule has 0 heterocycles. The van der Waals surface area contributed by atoms with Crippen molar-refractivity contribution in [2.75, 3.05) is 0 Å². The van der Waals surface area contributed by atoms with Gasteiger partial charge in [-0.2, -0.15) is 0 Å². The molecular formula is C11H8F3NO2. The van der Waals surface area contributed by atoms with Gasteiger partial charge in [-0.1, -0.05) is 12.1 Å². The minimum Gasteiger partial charge on any atom is -0.406 e. The van der Waals surface area contributed by atoms with Crippen LogP contribution in [-0.2, 0) is 4.79 Å². The Morgan fingerprint density at radius 3 is 2.35 bits per heavy atom. The first kappa shape index (κ1) is 13.0. The van der Waals surface area contributed by atoms with Gasteiger partial charge in [-0.25, -0.2) is 4.99 Å². The molecule has 0 N–H and O–H groups in total. The minimum absolute atomic E-state index is 0.317. The third-order valence-electron chi connectivity index (χ3n) is 1.69. The molecule has 0 bridgehead atoms. The van der Waals surface area contributed by atoms with Crippen LogP contribution in [0.2, 0.25) is 0 Å². The molecule has 0 saturated heterocycles. The summed E-state index contributed by atoms with van der Waals surface area (Å²) in [6.07, 6.45) is -2.14. The molecule has 0 saturated carbocycles. The third-order valence-corrected chi connectivity index (χ3v) is 1.69. The highest BCUT2D eigenvalue weighted by Gasteiger charge is 2.30. The standard InChI is InChI=1S/C11H8F3NO2/c1-15-10(16)7-4-8-2-5-9(6-3-8)17-11(12,13)14/h2-7H,1H2/b7-4+. The highest BCUT2D eigenvalue weighted by molar-refractivity contribution is 5.94. The van der Waals surface area contributed by atoms with Crippen molar-refractivity contribution >= 4 is 18.7 Å². The first-order valence-electron chi connectivity index (χ1n) is 4.45. The fourth-order valence-electron chi connectivity index (χ4n) is 1.00. The lowest BCUT2D eigenvalue weighted by atomic mass is 10.2. The van der Waals surface area contributed by atoms with E-state index in [-0.39, 0.29) is 5.75 Å². The molecule has 1 aromatic carbocycles. The Morgan fingerprint density at radius 2 is 1.88 bits per heavy atom. The number of aliphatic imine (C=N–C) groups is 1. The topological polar surface area (TPSA) is 38.7 Å². The second-order valence-electron chi connectivity index (χ2n) is 2.95. The van der Waals surface area contributed by atoms with E-state index in [1.807, 2.05) is 0 Å². The molecule has 0 spiro atoms. The lowest BCUT2D eigenvalue weighted by molar-refractivity contribution is -0.274. The zero-order valence-electron chi connectivity index (χ0n) is 8.57. The number of rotatable bonds is 3. The first-order valence-corrected chi connectivity index (χ1v) is 4.45. The lowest BCUT2D eigenvalue weighted by Gasteiger charge is -2.08. The SMILES string of the molecule is C=NC(=O)/C=C/c1ccc(OC(F)(F)F)cc1. The maximum atomic E-state index is 11.8. The summed E-state index contributed by atoms with van der Waals surface area (Å²) < 4.78 is 39.2. The van der Waals surface area contributed by atoms with Crippen LogP contribution in [0.1, 0.15) is 5.56 Å². The van der Waals surface area contributed by atoms with Crippen LogP contribution in [0.5, 0.6) is 5.75 Å². The number of amides is 1. The summed E-state index contributed by atoms with van der Waals surface area (Å²) in [6, 6.07) is 5.07. The smallest absolute Gasteiger partial charge is 0.406 e. The lowest BCUT2D eigenvalue weighted by Crippen LogP contribution is -2.16. The van der Waals surface area contributed by atoms with Crippen LogP contribution in [0.15, 0.2) is 35.3 Å². The average molecular weight is 243 g/mol. The summed E-state index contributed by atoms with van der Waals surface area (Å²) in [7, 11) is 0. The number of carbonyl (C=O) groups excluding carboxylic acids is 1. The van der Waals surface area contributed by atoms with Crippen LogP contribution < -0.4 is 4.74 Å². The maximum Gasteiger partial charge on any atom is 0.573 e. The Balaban J connectivity index is 2.71. The van der Waals surface area contributed by atoms with Gasteiger partial charge in [0.05, 0.1) is 0 Å². The molecular weight excluding hydrogens is 235 g/mol. The molecule has 0 aliphatic carbocycles. The number of ether oxygens (including phenoxy) is 1. The van der Waals surface area contributed by atoms with Crippen LogP contribution in [0.4, 0.5) is 13.2 Å². The van der Waals surface area contributed by atoms with Crippen LogP contribution >= 0.6 is 0 Å². The van der Waals surface area contributed by atoms with Gasteiger partial charge in [0.1, 0.15) is 5.75 Å². The van der Waals surface area contributed by atoms with E-state index in [4.69, 9.17) is 0 Å². The fraction of sp³-hybridized carbons (Fsp3) is 0.0909. The van der Waals surface area contributed by atoms with Crippen molar-refractivity contribution in [3.05, 3.63) is 35.9 Å². The van der Waals surface area contributed by atoms with Crippen molar-refractivity contribution in [2.45, 2.75) is 6.36 Å². The van der Waals surface area contributed by atoms with Crippen molar-refractivity contribution in [1.82, 2.24) is 0 Å². The number of benzene rings is 1. The van der Waals surface area contributed by atoms with Gasteiger partial charge >= 0.3 is 6.36 Å². The van der Waals surface area contributed by atoms with E-state index in [9.17, 15) is 18.0 Å². The normalized spacial score (nSPS) is 11.5. The van der Waals surface area contributed by atoms with Gasteiger partial charge in [0.2, 0.25) is 0 Å². The number of hydrogen-bond acceptors (Lipinski definition) is 2. The summed E-state index contributed by atoms with van der Waals surface area (Å²) in [6.45, 7) is 3.03. The molecule has 0 unspecified atom stereocenters. The van der Waals surface area contributed by atoms with Gasteiger partial charge in [-0.3, -0.25) is 4.79 Å². The highest BCUT2D eigenvalue weighted by atomic mass is 19.4. The largest absolute Gasteiger partial charge is 0.573 e. The molecule has 6 heteroatoms. The third kappa shape index (κ3) is 4.96. The monoisotopic (exact) mass is 243 g/mol. The number of alkyl halides is 3. The Morgan fingerprint density at radius 1 is 1.29 bits per heavy atom. The molecule has 1 amide bonds. The fourth-order valence-corrected chi connectivity index (χ4v) is 1.00. The predicted molar refractivity (Wildman–Crippen MR) is 56.7 cm³/mol. The summed E-state index contributed by atoms with van der Waals surface area (Å²) in [4.78, 5) is 13.9. The predicted octanol–water partition coefficient (Wildman–Crippen LogP) is 2.83. The second kappa shape index (κ2) is 5.29. The first-order chi connectivity index (χ1) is 7.90. The van der Waals surface area contributed by atoms with Gasteiger partial charge < -0.3 is 4.74 Å². The van der Waals surface area contributed by atoms with Crippen molar-refractivity contribution in [3.8, 4) is 5.75 Å². The molecule has 0 radical (unpaired) electrons. The quantitative estimate of drug-likeness (QED) is 0.604. The van der Waals surface area contributed by atoms with Gasteiger partial charge in [0, 0.05) is 6.08 Å². The molecule has 0 aliphatic heterocycles. The number of nitrogens with zero attached hydrogens (tertiary/aromatic N) is 1. The maximum absolute atomic E-state index is 11.8. The molecule has 3 nitrogen and oxygen atoms in total. The zero-order valence-corrected chi connectivity index (χ0v) is 8.57. The van der Waals surface area contributed by atoms with E-state index in [2.05, 4.69) is 16.4 Å². The van der Waals surface area contributed by atoms with E-state index in [1.54, 1.807) is 0 Å². The van der Waals surface area contributed by atoms with Gasteiger partial charge in [-0.15, -0.1) is 13.2 Å². The molecule has 0 fully saturated rings. The van der Waals surface area contributed by atoms with Crippen molar-refractivity contribution in [3.63, 3.8) is 0 Å². The van der Waals surface area contributed by atoms with Crippen molar-refractivity contribution in [1.29, 1.82) is 0 Å². The van der Waals surface area contributed by atoms with Crippen LogP contribution in [0, 0.1) is 0 Å². The van der Waals surface area contributed by atoms with Crippen molar-refractivity contribution in [2.24, 2.45) is 4.99 Å². The van der Waals surface area contributed by atoms with E-state index in [0.29, 0.717) is 5.56 Å². The Hall–Kier alpha value is -2.11. The Bertz CT molecular complexity index is 435. The van der Waals surface area contributed by atoms with Crippen LogP contribution in [0.3, 0.4) is 0 Å². The van der Waals surface area contributed by atoms with E-state index in [1.165, 1.54) is 18.2 Å². The Labute approximate surface area is 95.2 Å². The molecule has 0 aliphatic rings. The molecule has 17 heavy (non-hydrogen) atoms. The molecule has 1 aromatic rings. The van der Waals surface area contributed by atoms with Gasteiger partial charge in [0.15, 0.2) is 0 Å². The summed E-state index contributed by atoms with van der Waals surface area (Å²) >= 11 is 0. The van der Waals surface area contributed by atoms with Gasteiger partial charge in [-0.05, 0) is 30.5 Å². The second-order valence-corrected chi connectivity index (χ2v) is 2.95. The zero-order chi connectivity index (χ0) is 12.9. The molecule has 1 rings (SSSR count). The molecule has 0 aromatic heterocycles. The minimum atomic E-state index is -4.71. The molecule has 0 atom stereocenters. The van der Waals surface area contributed by atoms with E-state index in [0.717, 1.165) is 18.2 Å². The van der Waals surface area contributed by atoms with Crippen molar-refractivity contribution < 1.29 is 22.7 Å². The Kier molecular flexibility index (Phi) is 4.03. The summed E-state index contributed by atoms with van der Waals surface area (Å²) in [5, 5.41) is 0. The average Bonchev–Trinajstić information content (AvgIpc) is 2.25. The van der Waals surface area contributed by atoms with Crippen LogP contribution in [-0.4, -0.2) is 19.0 Å². The summed E-state index contributed by atoms with van der Waals surface area (Å²) in [5.74, 6) is -0.844. The number of halogens is 3. The van der Waals surface area contributed by atoms with Gasteiger partial charge in [0.25, 0.3) is 5.91 Å². The molecule has 90 valence electrons.